The third-order valence-corrected chi connectivity index (χ3v) is 6.41. The first-order valence-electron chi connectivity index (χ1n) is 11.2. The van der Waals surface area contributed by atoms with Gasteiger partial charge in [-0.25, -0.2) is 0 Å². The molecule has 176 valence electrons. The molecule has 33 heavy (non-hydrogen) atoms. The smallest absolute Gasteiger partial charge is 0.303 e. The number of nitrogens with one attached hydrogen (secondary N) is 1. The van der Waals surface area contributed by atoms with E-state index in [-0.39, 0.29) is 30.6 Å². The number of hydrogen-bond donors (Lipinski definition) is 3. The van der Waals surface area contributed by atoms with Crippen LogP contribution in [0.3, 0.4) is 0 Å². The summed E-state index contributed by atoms with van der Waals surface area (Å²) in [5.41, 5.74) is 3.58. The summed E-state index contributed by atoms with van der Waals surface area (Å²) in [6.07, 6.45) is 2.57. The number of aryl methyl sites for hydroxylation is 1. The molecule has 0 fully saturated rings. The number of hydrogen-bond acceptors (Lipinski definition) is 5. The number of benzene rings is 2. The van der Waals surface area contributed by atoms with Crippen molar-refractivity contribution in [3.8, 4) is 11.8 Å². The summed E-state index contributed by atoms with van der Waals surface area (Å²) in [6, 6.07) is 13.7. The maximum atomic E-state index is 10.9. The minimum atomic E-state index is -0.927. The molecule has 0 radical (unpaired) electrons. The Bertz CT molecular complexity index is 1010. The average molecular weight is 471 g/mol. The number of fused-ring (bicyclic) bond motifs is 1. The van der Waals surface area contributed by atoms with Gasteiger partial charge in [0.05, 0.1) is 5.56 Å². The quantitative estimate of drug-likeness (QED) is 0.456. The van der Waals surface area contributed by atoms with Gasteiger partial charge < -0.3 is 20.3 Å². The molecule has 0 saturated heterocycles. The highest BCUT2D eigenvalue weighted by molar-refractivity contribution is 6.31. The molecule has 0 amide bonds. The number of carboxylic acid groups (broad SMARTS) is 1. The molecule has 2 aromatic rings. The molecule has 7 heteroatoms. The maximum absolute atomic E-state index is 10.9. The molecule has 0 aliphatic heterocycles. The summed E-state index contributed by atoms with van der Waals surface area (Å²) in [7, 11) is 0. The van der Waals surface area contributed by atoms with Crippen molar-refractivity contribution < 1.29 is 19.7 Å². The average Bonchev–Trinajstić information content (AvgIpc) is 3.17. The minimum Gasteiger partial charge on any atom is -0.489 e. The Morgan fingerprint density at radius 2 is 1.97 bits per heavy atom. The standard InChI is InChI=1S/C26H31ClN2O4/c1-26(2,13-17-9-18-5-3-4-6-19(18)10-17)29-15-22(30)16-33-24-12-20(7-8-25(31)32)23(27)11-21(24)14-28/h3-6,11-12,17,22,29-30H,7-10,13,15-16H2,1-2H3,(H,31,32)/t22-/m1/s1. The van der Waals surface area contributed by atoms with Gasteiger partial charge in [0.25, 0.3) is 0 Å². The zero-order valence-corrected chi connectivity index (χ0v) is 19.9. The number of aliphatic hydroxyl groups is 1. The summed E-state index contributed by atoms with van der Waals surface area (Å²) in [6.45, 7) is 4.65. The fourth-order valence-corrected chi connectivity index (χ4v) is 4.72. The zero-order valence-electron chi connectivity index (χ0n) is 19.1. The number of rotatable bonds is 11. The van der Waals surface area contributed by atoms with Crippen molar-refractivity contribution >= 4 is 17.6 Å². The molecule has 0 saturated carbocycles. The van der Waals surface area contributed by atoms with Crippen LogP contribution in [-0.2, 0) is 24.1 Å². The van der Waals surface area contributed by atoms with Gasteiger partial charge >= 0.3 is 5.97 Å². The first-order valence-corrected chi connectivity index (χ1v) is 11.6. The second-order valence-corrected chi connectivity index (χ2v) is 9.83. The Balaban J connectivity index is 1.50. The topological polar surface area (TPSA) is 103 Å². The molecule has 1 atom stereocenters. The Hall–Kier alpha value is -2.59. The first kappa shape index (κ1) is 25.0. The van der Waals surface area contributed by atoms with Crippen molar-refractivity contribution in [2.45, 2.75) is 57.6 Å². The Kier molecular flexibility index (Phi) is 8.36. The summed E-state index contributed by atoms with van der Waals surface area (Å²) in [4.78, 5) is 10.9. The van der Waals surface area contributed by atoms with Gasteiger partial charge in [0.15, 0.2) is 0 Å². The van der Waals surface area contributed by atoms with Crippen LogP contribution < -0.4 is 10.1 Å². The Morgan fingerprint density at radius 1 is 1.30 bits per heavy atom. The number of aliphatic hydroxyl groups excluding tert-OH is 1. The number of ether oxygens (including phenoxy) is 1. The van der Waals surface area contributed by atoms with E-state index < -0.39 is 12.1 Å². The largest absolute Gasteiger partial charge is 0.489 e. The summed E-state index contributed by atoms with van der Waals surface area (Å²) in [5, 5.41) is 32.5. The lowest BCUT2D eigenvalue weighted by Gasteiger charge is -2.30. The van der Waals surface area contributed by atoms with E-state index in [1.165, 1.54) is 17.2 Å². The lowest BCUT2D eigenvalue weighted by atomic mass is 9.88. The summed E-state index contributed by atoms with van der Waals surface area (Å²) in [5.74, 6) is -0.0532. The van der Waals surface area contributed by atoms with Gasteiger partial charge in [0, 0.05) is 23.5 Å². The molecule has 0 heterocycles. The van der Waals surface area contributed by atoms with E-state index in [2.05, 4.69) is 43.4 Å². The monoisotopic (exact) mass is 470 g/mol. The highest BCUT2D eigenvalue weighted by atomic mass is 35.5. The number of nitriles is 1. The van der Waals surface area contributed by atoms with Gasteiger partial charge in [-0.15, -0.1) is 0 Å². The highest BCUT2D eigenvalue weighted by Crippen LogP contribution is 2.32. The van der Waals surface area contributed by atoms with Crippen LogP contribution in [0, 0.1) is 17.2 Å². The van der Waals surface area contributed by atoms with Crippen LogP contribution in [0.5, 0.6) is 5.75 Å². The van der Waals surface area contributed by atoms with E-state index in [1.807, 2.05) is 6.07 Å². The Morgan fingerprint density at radius 3 is 2.58 bits per heavy atom. The summed E-state index contributed by atoms with van der Waals surface area (Å²) >= 11 is 6.17. The molecule has 0 spiro atoms. The molecule has 3 N–H and O–H groups in total. The van der Waals surface area contributed by atoms with E-state index >= 15 is 0 Å². The molecular weight excluding hydrogens is 440 g/mol. The van der Waals surface area contributed by atoms with Gasteiger partial charge in [-0.3, -0.25) is 4.79 Å². The van der Waals surface area contributed by atoms with Crippen LogP contribution in [-0.4, -0.2) is 41.0 Å². The lowest BCUT2D eigenvalue weighted by Crippen LogP contribution is -2.46. The van der Waals surface area contributed by atoms with Crippen molar-refractivity contribution in [2.24, 2.45) is 5.92 Å². The normalized spacial score (nSPS) is 14.5. The summed E-state index contributed by atoms with van der Waals surface area (Å²) < 4.78 is 5.71. The molecule has 3 rings (SSSR count). The first-order chi connectivity index (χ1) is 15.7. The highest BCUT2D eigenvalue weighted by Gasteiger charge is 2.28. The van der Waals surface area contributed by atoms with E-state index in [0.29, 0.717) is 28.8 Å². The molecular formula is C26H31ClN2O4. The van der Waals surface area contributed by atoms with Crippen LogP contribution >= 0.6 is 11.6 Å². The molecule has 1 aliphatic carbocycles. The number of halogens is 1. The molecule has 0 bridgehead atoms. The SMILES string of the molecule is CC(C)(CC1Cc2ccccc2C1)NC[C@@H](O)COc1cc(CCC(=O)O)c(Cl)cc1C#N. The molecule has 6 nitrogen and oxygen atoms in total. The number of carbonyl (C=O) groups is 1. The van der Waals surface area contributed by atoms with E-state index in [4.69, 9.17) is 21.4 Å². The van der Waals surface area contributed by atoms with Gasteiger partial charge in [0.2, 0.25) is 0 Å². The van der Waals surface area contributed by atoms with Crippen LogP contribution in [0.15, 0.2) is 36.4 Å². The Labute approximate surface area is 200 Å². The third kappa shape index (κ3) is 7.20. The van der Waals surface area contributed by atoms with Gasteiger partial charge in [-0.05, 0) is 74.3 Å². The second kappa shape index (κ2) is 11.0. The van der Waals surface area contributed by atoms with Gasteiger partial charge in [-0.1, -0.05) is 35.9 Å². The van der Waals surface area contributed by atoms with E-state index in [0.717, 1.165) is 19.3 Å². The predicted octanol–water partition coefficient (Wildman–Crippen LogP) is 4.14. The van der Waals surface area contributed by atoms with Crippen molar-refractivity contribution in [3.05, 3.63) is 63.7 Å². The van der Waals surface area contributed by atoms with Crippen LogP contribution in [0.1, 0.15) is 48.9 Å². The lowest BCUT2D eigenvalue weighted by molar-refractivity contribution is -0.136. The van der Waals surface area contributed by atoms with Gasteiger partial charge in [0.1, 0.15) is 24.5 Å². The van der Waals surface area contributed by atoms with E-state index in [9.17, 15) is 15.2 Å². The van der Waals surface area contributed by atoms with Gasteiger partial charge in [-0.2, -0.15) is 5.26 Å². The van der Waals surface area contributed by atoms with E-state index in [1.54, 1.807) is 6.07 Å². The van der Waals surface area contributed by atoms with Crippen LogP contribution in [0.2, 0.25) is 5.02 Å². The van der Waals surface area contributed by atoms with Crippen molar-refractivity contribution in [2.75, 3.05) is 13.2 Å². The van der Waals surface area contributed by atoms with Crippen molar-refractivity contribution in [3.63, 3.8) is 0 Å². The molecule has 1 aliphatic rings. The molecule has 0 aromatic heterocycles. The van der Waals surface area contributed by atoms with Crippen molar-refractivity contribution in [1.82, 2.24) is 5.32 Å². The van der Waals surface area contributed by atoms with Crippen LogP contribution in [0.25, 0.3) is 0 Å². The fraction of sp³-hybridized carbons (Fsp3) is 0.462. The number of carboxylic acids is 1. The number of aliphatic carboxylic acids is 1. The predicted molar refractivity (Wildman–Crippen MR) is 128 cm³/mol. The minimum absolute atomic E-state index is 0.00658. The number of β-amino-alcohol motifs (C(OH)–C–C–N with tert-alkyl or cyclic N) is 1. The van der Waals surface area contributed by atoms with Crippen LogP contribution in [0.4, 0.5) is 0 Å². The second-order valence-electron chi connectivity index (χ2n) is 9.42. The molecule has 0 unspecified atom stereocenters. The number of nitrogens with zero attached hydrogens (tertiary/aromatic N) is 1. The van der Waals surface area contributed by atoms with Crippen molar-refractivity contribution in [1.29, 1.82) is 5.26 Å². The fourth-order valence-electron chi connectivity index (χ4n) is 4.46. The molecule has 2 aromatic carbocycles. The third-order valence-electron chi connectivity index (χ3n) is 6.06. The maximum Gasteiger partial charge on any atom is 0.303 e. The zero-order chi connectivity index (χ0) is 24.0.